The van der Waals surface area contributed by atoms with Gasteiger partial charge in [-0.1, -0.05) is 182 Å². The lowest BCUT2D eigenvalue weighted by molar-refractivity contribution is -0.425. The minimum absolute atomic E-state index is 0. The Morgan fingerprint density at radius 3 is 1.09 bits per heavy atom. The molecule has 2 nitrogen and oxygen atoms in total. The maximum Gasteiger partial charge on any atom is 0.244 e. The Balaban J connectivity index is 0.00000532. The summed E-state index contributed by atoms with van der Waals surface area (Å²) in [5.41, 5.74) is 21.5. The Morgan fingerprint density at radius 2 is 0.750 bits per heavy atom. The van der Waals surface area contributed by atoms with Crippen LogP contribution in [-0.4, -0.2) is 24.0 Å². The molecule has 0 aromatic heterocycles. The molecule has 7 rings (SSSR count). The van der Waals surface area contributed by atoms with Crippen LogP contribution in [0.1, 0.15) is 129 Å². The van der Waals surface area contributed by atoms with E-state index in [9.17, 15) is 0 Å². The Labute approximate surface area is 343 Å². The fourth-order valence-electron chi connectivity index (χ4n) is 8.97. The minimum atomic E-state index is 0. The quantitative estimate of drug-likeness (QED) is 0.126. The number of halogens is 1. The molecule has 1 aliphatic rings. The van der Waals surface area contributed by atoms with Crippen LogP contribution >= 0.6 is 0 Å². The smallest absolute Gasteiger partial charge is 0.244 e. The van der Waals surface area contributed by atoms with Crippen LogP contribution in [0.5, 0.6) is 0 Å². The van der Waals surface area contributed by atoms with E-state index >= 15 is 0 Å². The third kappa shape index (κ3) is 8.42. The van der Waals surface area contributed by atoms with E-state index in [0.717, 1.165) is 13.1 Å². The van der Waals surface area contributed by atoms with Crippen molar-refractivity contribution >= 4 is 17.7 Å². The van der Waals surface area contributed by atoms with Crippen molar-refractivity contribution in [1.29, 1.82) is 0 Å². The van der Waals surface area contributed by atoms with Gasteiger partial charge in [0.1, 0.15) is 24.5 Å². The zero-order valence-corrected chi connectivity index (χ0v) is 35.9. The second-order valence-corrected chi connectivity index (χ2v) is 16.6. The van der Waals surface area contributed by atoms with Crippen LogP contribution < -0.4 is 17.3 Å². The Morgan fingerprint density at radius 1 is 0.429 bits per heavy atom. The molecule has 0 fully saturated rings. The number of aryl methyl sites for hydroxylation is 6. The summed E-state index contributed by atoms with van der Waals surface area (Å²) in [7, 11) is 0. The highest BCUT2D eigenvalue weighted by atomic mass is 35.5. The van der Waals surface area contributed by atoms with Crippen LogP contribution in [0.3, 0.4) is 0 Å². The molecule has 0 radical (unpaired) electrons. The van der Waals surface area contributed by atoms with E-state index in [0.29, 0.717) is 0 Å². The summed E-state index contributed by atoms with van der Waals surface area (Å²) in [5.74, 6) is 0.922. The minimum Gasteiger partial charge on any atom is -1.00 e. The normalized spacial score (nSPS) is 14.8. The SMILES string of the molecule is Cc1cccc(C(C)c2cc(C)cc(C(C)c3cccc(C)c3)c2N2C=[N+](c3c(C(C)c4cccc(C)c4)cc(C)cc3C(C)c3cccc(C)c3)CC2)c1.[Cl-]. The average Bonchev–Trinajstić information content (AvgIpc) is 3.65. The molecular weight excluding hydrogens is 700 g/mol. The Kier molecular flexibility index (Phi) is 12.4. The van der Waals surface area contributed by atoms with Crippen LogP contribution in [0.15, 0.2) is 121 Å². The molecule has 1 heterocycles. The monoisotopic (exact) mass is 758 g/mol. The van der Waals surface area contributed by atoms with Crippen molar-refractivity contribution in [2.75, 3.05) is 18.0 Å². The van der Waals surface area contributed by atoms with Crippen molar-refractivity contribution in [3.05, 3.63) is 199 Å². The number of rotatable bonds is 10. The molecule has 0 aliphatic carbocycles. The fraction of sp³-hybridized carbons (Fsp3) is 0.302. The molecular formula is C53H59ClN2. The van der Waals surface area contributed by atoms with Gasteiger partial charge in [-0.2, -0.15) is 0 Å². The molecule has 0 N–H and O–H groups in total. The van der Waals surface area contributed by atoms with Gasteiger partial charge in [-0.05, 0) is 63.8 Å². The van der Waals surface area contributed by atoms with Crippen molar-refractivity contribution in [2.45, 2.75) is 92.9 Å². The predicted octanol–water partition coefficient (Wildman–Crippen LogP) is 10.3. The number of anilines is 1. The van der Waals surface area contributed by atoms with Gasteiger partial charge >= 0.3 is 0 Å². The maximum absolute atomic E-state index is 2.59. The predicted molar refractivity (Wildman–Crippen MR) is 235 cm³/mol. The molecule has 1 aliphatic heterocycles. The largest absolute Gasteiger partial charge is 1.00 e. The highest BCUT2D eigenvalue weighted by molar-refractivity contribution is 5.84. The molecule has 0 saturated heterocycles. The van der Waals surface area contributed by atoms with Crippen LogP contribution in [0.4, 0.5) is 11.4 Å². The average molecular weight is 760 g/mol. The summed E-state index contributed by atoms with van der Waals surface area (Å²) in [6, 6.07) is 46.1. The van der Waals surface area contributed by atoms with Crippen LogP contribution in [0.25, 0.3) is 0 Å². The van der Waals surface area contributed by atoms with Crippen molar-refractivity contribution in [2.24, 2.45) is 0 Å². The molecule has 6 aromatic carbocycles. The molecule has 288 valence electrons. The summed E-state index contributed by atoms with van der Waals surface area (Å²) < 4.78 is 2.59. The zero-order chi connectivity index (χ0) is 39.0. The first-order valence-electron chi connectivity index (χ1n) is 20.3. The van der Waals surface area contributed by atoms with Crippen molar-refractivity contribution < 1.29 is 17.0 Å². The topological polar surface area (TPSA) is 6.25 Å². The van der Waals surface area contributed by atoms with Crippen LogP contribution in [0, 0.1) is 41.5 Å². The molecule has 0 bridgehead atoms. The van der Waals surface area contributed by atoms with Gasteiger partial charge in [-0.25, -0.2) is 9.48 Å². The van der Waals surface area contributed by atoms with Gasteiger partial charge in [0.15, 0.2) is 0 Å². The summed E-state index contributed by atoms with van der Waals surface area (Å²) in [5, 5.41) is 0. The van der Waals surface area contributed by atoms with Crippen molar-refractivity contribution in [1.82, 2.24) is 0 Å². The van der Waals surface area contributed by atoms with E-state index in [1.54, 1.807) is 0 Å². The lowest BCUT2D eigenvalue weighted by Crippen LogP contribution is -3.00. The summed E-state index contributed by atoms with van der Waals surface area (Å²) in [6.07, 6.45) is 2.45. The van der Waals surface area contributed by atoms with Gasteiger partial charge < -0.3 is 12.4 Å². The van der Waals surface area contributed by atoms with Crippen LogP contribution in [0.2, 0.25) is 0 Å². The molecule has 3 heteroatoms. The first kappa shape index (κ1) is 40.7. The lowest BCUT2D eigenvalue weighted by atomic mass is 9.83. The third-order valence-corrected chi connectivity index (χ3v) is 12.1. The van der Waals surface area contributed by atoms with Crippen molar-refractivity contribution in [3.63, 3.8) is 0 Å². The van der Waals surface area contributed by atoms with Gasteiger partial charge in [0, 0.05) is 45.9 Å². The highest BCUT2D eigenvalue weighted by Crippen LogP contribution is 2.44. The summed E-state index contributed by atoms with van der Waals surface area (Å²) >= 11 is 0. The summed E-state index contributed by atoms with van der Waals surface area (Å²) in [6.45, 7) is 24.8. The second-order valence-electron chi connectivity index (χ2n) is 16.6. The van der Waals surface area contributed by atoms with Gasteiger partial charge in [0.25, 0.3) is 0 Å². The number of nitrogens with zero attached hydrogens (tertiary/aromatic N) is 2. The van der Waals surface area contributed by atoms with E-state index in [1.165, 1.54) is 89.3 Å². The Bertz CT molecular complexity index is 2240. The van der Waals surface area contributed by atoms with E-state index in [2.05, 4.69) is 206 Å². The first-order valence-corrected chi connectivity index (χ1v) is 20.3. The van der Waals surface area contributed by atoms with Gasteiger partial charge in [0.2, 0.25) is 6.34 Å². The molecule has 4 unspecified atom stereocenters. The third-order valence-electron chi connectivity index (χ3n) is 12.1. The maximum atomic E-state index is 2.59. The fourth-order valence-corrected chi connectivity index (χ4v) is 8.97. The van der Waals surface area contributed by atoms with Gasteiger partial charge in [-0.3, -0.25) is 0 Å². The van der Waals surface area contributed by atoms with E-state index in [4.69, 9.17) is 0 Å². The van der Waals surface area contributed by atoms with E-state index < -0.39 is 0 Å². The zero-order valence-electron chi connectivity index (χ0n) is 35.1. The molecule has 4 atom stereocenters. The Hall–Kier alpha value is -4.92. The molecule has 0 saturated carbocycles. The van der Waals surface area contributed by atoms with Gasteiger partial charge in [0.05, 0.1) is 0 Å². The number of benzene rings is 6. The van der Waals surface area contributed by atoms with E-state index in [-0.39, 0.29) is 36.1 Å². The van der Waals surface area contributed by atoms with Crippen molar-refractivity contribution in [3.8, 4) is 0 Å². The molecule has 0 amide bonds. The molecule has 6 aromatic rings. The summed E-state index contributed by atoms with van der Waals surface area (Å²) in [4.78, 5) is 2.59. The first-order chi connectivity index (χ1) is 26.4. The lowest BCUT2D eigenvalue weighted by Gasteiger charge is -2.25. The van der Waals surface area contributed by atoms with Crippen LogP contribution in [-0.2, 0) is 0 Å². The second kappa shape index (κ2) is 17.1. The standard InChI is InChI=1S/C53H59N2.ClH/c1-34-15-11-19-44(25-34)40(7)48-29-38(5)30-49(41(8)45-20-12-16-35(2)26-45)52(48)54-23-24-55(33-54)53-50(42(9)46-21-13-17-36(3)27-46)31-39(6)32-51(53)43(10)47-22-14-18-37(4)28-47;/h11-22,25-33,40-43H,23-24H2,1-10H3;1H/q+1;/p-1. The molecule has 0 spiro atoms. The van der Waals surface area contributed by atoms with E-state index in [1.807, 2.05) is 0 Å². The molecule has 56 heavy (non-hydrogen) atoms. The number of hydrogen-bond donors (Lipinski definition) is 0. The van der Waals surface area contributed by atoms with Gasteiger partial charge in [-0.15, -0.1) is 0 Å². The highest BCUT2D eigenvalue weighted by Gasteiger charge is 2.34. The number of hydrogen-bond acceptors (Lipinski definition) is 1.